The first-order valence-corrected chi connectivity index (χ1v) is 13.0. The lowest BCUT2D eigenvalue weighted by Gasteiger charge is -2.08. The molecule has 2 aromatic carbocycles. The number of amides is 1. The highest BCUT2D eigenvalue weighted by Gasteiger charge is 2.09. The molecule has 1 amide bonds. The zero-order valence-corrected chi connectivity index (χ0v) is 20.6. The first-order chi connectivity index (χ1) is 16.7. The molecule has 5 nitrogen and oxygen atoms in total. The Hall–Kier alpha value is -2.66. The number of esters is 1. The molecule has 5 heteroatoms. The number of aryl methyl sites for hydroxylation is 1. The van der Waals surface area contributed by atoms with Gasteiger partial charge in [-0.1, -0.05) is 93.8 Å². The van der Waals surface area contributed by atoms with Gasteiger partial charge in [-0.05, 0) is 49.1 Å². The van der Waals surface area contributed by atoms with E-state index in [1.54, 1.807) is 6.07 Å². The molecule has 0 aliphatic carbocycles. The Kier molecular flexibility index (Phi) is 14.4. The van der Waals surface area contributed by atoms with Crippen LogP contribution in [0.4, 0.5) is 0 Å². The Balaban J connectivity index is 1.52. The zero-order chi connectivity index (χ0) is 24.3. The van der Waals surface area contributed by atoms with Gasteiger partial charge in [0.1, 0.15) is 6.61 Å². The highest BCUT2D eigenvalue weighted by molar-refractivity contribution is 5.89. The van der Waals surface area contributed by atoms with E-state index in [0.717, 1.165) is 37.1 Å². The summed E-state index contributed by atoms with van der Waals surface area (Å²) in [6.07, 6.45) is 13.5. The Labute approximate surface area is 205 Å². The molecule has 34 heavy (non-hydrogen) atoms. The minimum absolute atomic E-state index is 0.0644. The number of nitrogens with two attached hydrogens (primary N) is 1. The molecule has 0 saturated heterocycles. The lowest BCUT2D eigenvalue weighted by Crippen LogP contribution is -2.24. The molecule has 0 bridgehead atoms. The topological polar surface area (TPSA) is 81.4 Å². The van der Waals surface area contributed by atoms with Crippen LogP contribution in [0.2, 0.25) is 0 Å². The van der Waals surface area contributed by atoms with Gasteiger partial charge in [-0.25, -0.2) is 4.79 Å². The molecule has 3 N–H and O–H groups in total. The molecule has 0 saturated carbocycles. The fraction of sp³-hybridized carbons (Fsp3) is 0.517. The van der Waals surface area contributed by atoms with E-state index in [-0.39, 0.29) is 18.5 Å². The predicted octanol–water partition coefficient (Wildman–Crippen LogP) is 5.95. The minimum atomic E-state index is -0.346. The van der Waals surface area contributed by atoms with Crippen molar-refractivity contribution >= 4 is 11.9 Å². The SMILES string of the molecule is NCCCCCCCCCCCCNC(=O)CCc1cccc(C(=O)OCc2ccccc2)c1. The van der Waals surface area contributed by atoms with Gasteiger partial charge in [0.25, 0.3) is 0 Å². The van der Waals surface area contributed by atoms with Crippen molar-refractivity contribution in [2.45, 2.75) is 83.7 Å². The number of rotatable bonds is 18. The van der Waals surface area contributed by atoms with Crippen LogP contribution in [0.3, 0.4) is 0 Å². The molecule has 0 atom stereocenters. The smallest absolute Gasteiger partial charge is 0.338 e. The van der Waals surface area contributed by atoms with Crippen LogP contribution in [-0.4, -0.2) is 25.0 Å². The zero-order valence-electron chi connectivity index (χ0n) is 20.6. The summed E-state index contributed by atoms with van der Waals surface area (Å²) in [7, 11) is 0. The molecule has 2 aromatic rings. The third-order valence-electron chi connectivity index (χ3n) is 5.97. The first-order valence-electron chi connectivity index (χ1n) is 13.0. The minimum Gasteiger partial charge on any atom is -0.457 e. The van der Waals surface area contributed by atoms with Crippen LogP contribution in [0.25, 0.3) is 0 Å². The summed E-state index contributed by atoms with van der Waals surface area (Å²) in [5.41, 5.74) is 7.95. The largest absolute Gasteiger partial charge is 0.457 e. The summed E-state index contributed by atoms with van der Waals surface area (Å²) in [4.78, 5) is 24.5. The summed E-state index contributed by atoms with van der Waals surface area (Å²) < 4.78 is 5.40. The van der Waals surface area contributed by atoms with Crippen molar-refractivity contribution in [3.8, 4) is 0 Å². The van der Waals surface area contributed by atoms with Gasteiger partial charge in [0.05, 0.1) is 5.56 Å². The molecular formula is C29H42N2O3. The van der Waals surface area contributed by atoms with Crippen LogP contribution < -0.4 is 11.1 Å². The Morgan fingerprint density at radius 3 is 2.03 bits per heavy atom. The third kappa shape index (κ3) is 12.5. The molecular weight excluding hydrogens is 424 g/mol. The van der Waals surface area contributed by atoms with Gasteiger partial charge >= 0.3 is 5.97 Å². The average Bonchev–Trinajstić information content (AvgIpc) is 2.87. The van der Waals surface area contributed by atoms with Crippen molar-refractivity contribution in [1.29, 1.82) is 0 Å². The van der Waals surface area contributed by atoms with E-state index in [2.05, 4.69) is 5.32 Å². The van der Waals surface area contributed by atoms with E-state index >= 15 is 0 Å². The molecule has 0 aliphatic rings. The van der Waals surface area contributed by atoms with Gasteiger partial charge in [0.2, 0.25) is 5.91 Å². The standard InChI is InChI=1S/C29H42N2O3/c30-21-12-7-5-3-1-2-4-6-8-13-22-31-28(32)20-19-25-17-14-18-27(23-25)29(33)34-24-26-15-10-9-11-16-26/h9-11,14-18,23H,1-8,12-13,19-22,24,30H2,(H,31,32). The quantitative estimate of drug-likeness (QED) is 0.210. The van der Waals surface area contributed by atoms with E-state index in [9.17, 15) is 9.59 Å². The van der Waals surface area contributed by atoms with Crippen molar-refractivity contribution in [3.05, 3.63) is 71.3 Å². The molecule has 0 aliphatic heterocycles. The monoisotopic (exact) mass is 466 g/mol. The van der Waals surface area contributed by atoms with Crippen LogP contribution in [0.5, 0.6) is 0 Å². The van der Waals surface area contributed by atoms with E-state index in [0.29, 0.717) is 18.4 Å². The van der Waals surface area contributed by atoms with E-state index in [1.165, 1.54) is 51.4 Å². The number of nitrogens with one attached hydrogen (secondary N) is 1. The molecule has 0 spiro atoms. The van der Waals surface area contributed by atoms with Crippen LogP contribution in [0.1, 0.15) is 92.1 Å². The van der Waals surface area contributed by atoms with Gasteiger partial charge in [0.15, 0.2) is 0 Å². The van der Waals surface area contributed by atoms with E-state index < -0.39 is 0 Å². The van der Waals surface area contributed by atoms with E-state index in [1.807, 2.05) is 48.5 Å². The summed E-state index contributed by atoms with van der Waals surface area (Å²) in [5, 5.41) is 3.02. The lowest BCUT2D eigenvalue weighted by molar-refractivity contribution is -0.121. The number of benzene rings is 2. The van der Waals surface area contributed by atoms with E-state index in [4.69, 9.17) is 10.5 Å². The van der Waals surface area contributed by atoms with Crippen LogP contribution in [0.15, 0.2) is 54.6 Å². The molecule has 2 rings (SSSR count). The maximum Gasteiger partial charge on any atom is 0.338 e. The van der Waals surface area contributed by atoms with Crippen molar-refractivity contribution in [3.63, 3.8) is 0 Å². The van der Waals surface area contributed by atoms with Crippen LogP contribution in [-0.2, 0) is 22.6 Å². The summed E-state index contributed by atoms with van der Waals surface area (Å²) in [6.45, 7) is 1.81. The second kappa shape index (κ2) is 17.8. The maximum absolute atomic E-state index is 12.3. The second-order valence-electron chi connectivity index (χ2n) is 8.94. The predicted molar refractivity (Wildman–Crippen MR) is 139 cm³/mol. The number of carbonyl (C=O) groups is 2. The molecule has 186 valence electrons. The lowest BCUT2D eigenvalue weighted by atomic mass is 10.1. The normalized spacial score (nSPS) is 10.7. The van der Waals surface area contributed by atoms with Gasteiger partial charge < -0.3 is 15.8 Å². The number of hydrogen-bond donors (Lipinski definition) is 2. The Bertz CT molecular complexity index is 823. The Morgan fingerprint density at radius 1 is 0.735 bits per heavy atom. The molecule has 0 aromatic heterocycles. The third-order valence-corrected chi connectivity index (χ3v) is 5.97. The summed E-state index contributed by atoms with van der Waals surface area (Å²) in [5.74, 6) is -0.281. The number of carbonyl (C=O) groups excluding carboxylic acids is 2. The van der Waals surface area contributed by atoms with Gasteiger partial charge in [-0.2, -0.15) is 0 Å². The van der Waals surface area contributed by atoms with Crippen molar-refractivity contribution in [2.75, 3.05) is 13.1 Å². The summed E-state index contributed by atoms with van der Waals surface area (Å²) in [6, 6.07) is 17.0. The van der Waals surface area contributed by atoms with Gasteiger partial charge in [0, 0.05) is 13.0 Å². The van der Waals surface area contributed by atoms with Crippen molar-refractivity contribution in [1.82, 2.24) is 5.32 Å². The fourth-order valence-electron chi connectivity index (χ4n) is 3.92. The van der Waals surface area contributed by atoms with Gasteiger partial charge in [-0.15, -0.1) is 0 Å². The molecule has 0 unspecified atom stereocenters. The Morgan fingerprint density at radius 2 is 1.35 bits per heavy atom. The second-order valence-corrected chi connectivity index (χ2v) is 8.94. The summed E-state index contributed by atoms with van der Waals surface area (Å²) >= 11 is 0. The van der Waals surface area contributed by atoms with Crippen LogP contribution in [0, 0.1) is 0 Å². The molecule has 0 fully saturated rings. The van der Waals surface area contributed by atoms with Crippen molar-refractivity contribution < 1.29 is 14.3 Å². The first kappa shape index (κ1) is 27.6. The number of unbranched alkanes of at least 4 members (excludes halogenated alkanes) is 9. The molecule has 0 heterocycles. The van der Waals surface area contributed by atoms with Crippen molar-refractivity contribution in [2.24, 2.45) is 5.73 Å². The highest BCUT2D eigenvalue weighted by atomic mass is 16.5. The maximum atomic E-state index is 12.3. The van der Waals surface area contributed by atoms with Gasteiger partial charge in [-0.3, -0.25) is 4.79 Å². The number of hydrogen-bond acceptors (Lipinski definition) is 4. The van der Waals surface area contributed by atoms with Crippen LogP contribution >= 0.6 is 0 Å². The molecule has 0 radical (unpaired) electrons. The fourth-order valence-corrected chi connectivity index (χ4v) is 3.92. The number of ether oxygens (including phenoxy) is 1. The average molecular weight is 467 g/mol. The highest BCUT2D eigenvalue weighted by Crippen LogP contribution is 2.12.